The molecule has 1 aromatic heterocycles. The molecule has 0 amide bonds. The van der Waals surface area contributed by atoms with Crippen molar-refractivity contribution in [3.63, 3.8) is 0 Å². The molecule has 4 heteroatoms. The van der Waals surface area contributed by atoms with E-state index < -0.39 is 0 Å². The van der Waals surface area contributed by atoms with Gasteiger partial charge in [-0.1, -0.05) is 12.8 Å². The molecule has 3 rings (SSSR count). The third-order valence-electron chi connectivity index (χ3n) is 4.27. The third-order valence-corrected chi connectivity index (χ3v) is 4.27. The highest BCUT2D eigenvalue weighted by Gasteiger charge is 2.48. The van der Waals surface area contributed by atoms with Gasteiger partial charge in [0.1, 0.15) is 11.6 Å². The van der Waals surface area contributed by atoms with Crippen LogP contribution in [0, 0.1) is 6.92 Å². The molecule has 0 bridgehead atoms. The molecule has 16 heavy (non-hydrogen) atoms. The summed E-state index contributed by atoms with van der Waals surface area (Å²) in [5.41, 5.74) is 6.07. The lowest BCUT2D eigenvalue weighted by atomic mass is 10.1. The number of rotatable bonds is 3. The highest BCUT2D eigenvalue weighted by atomic mass is 15.3. The molecule has 4 nitrogen and oxygen atoms in total. The van der Waals surface area contributed by atoms with E-state index >= 15 is 0 Å². The van der Waals surface area contributed by atoms with Gasteiger partial charge in [0.2, 0.25) is 0 Å². The largest absolute Gasteiger partial charge is 0.329 e. The SMILES string of the molecule is Cc1nnc(C2(CN)CC2)n1C1CCCC1. The van der Waals surface area contributed by atoms with Gasteiger partial charge in [-0.15, -0.1) is 10.2 Å². The van der Waals surface area contributed by atoms with Crippen LogP contribution in [-0.2, 0) is 5.41 Å². The Hall–Kier alpha value is -0.900. The molecule has 0 spiro atoms. The molecule has 2 saturated carbocycles. The molecule has 1 aromatic rings. The van der Waals surface area contributed by atoms with Gasteiger partial charge >= 0.3 is 0 Å². The van der Waals surface area contributed by atoms with Crippen molar-refractivity contribution in [3.8, 4) is 0 Å². The summed E-state index contributed by atoms with van der Waals surface area (Å²) in [4.78, 5) is 0. The van der Waals surface area contributed by atoms with Crippen LogP contribution in [-0.4, -0.2) is 21.3 Å². The van der Waals surface area contributed by atoms with E-state index in [4.69, 9.17) is 5.73 Å². The monoisotopic (exact) mass is 220 g/mol. The van der Waals surface area contributed by atoms with Crippen LogP contribution in [0.2, 0.25) is 0 Å². The van der Waals surface area contributed by atoms with Gasteiger partial charge in [0.15, 0.2) is 0 Å². The Morgan fingerprint density at radius 3 is 2.56 bits per heavy atom. The van der Waals surface area contributed by atoms with Crippen LogP contribution in [0.4, 0.5) is 0 Å². The van der Waals surface area contributed by atoms with Gasteiger partial charge in [0.25, 0.3) is 0 Å². The van der Waals surface area contributed by atoms with Crippen LogP contribution in [0.1, 0.15) is 56.2 Å². The van der Waals surface area contributed by atoms with Crippen LogP contribution in [0.3, 0.4) is 0 Å². The van der Waals surface area contributed by atoms with E-state index in [9.17, 15) is 0 Å². The van der Waals surface area contributed by atoms with Gasteiger partial charge in [-0.3, -0.25) is 0 Å². The number of nitrogens with two attached hydrogens (primary N) is 1. The molecule has 2 N–H and O–H groups in total. The van der Waals surface area contributed by atoms with Crippen molar-refractivity contribution >= 4 is 0 Å². The molecule has 0 unspecified atom stereocenters. The minimum absolute atomic E-state index is 0.170. The van der Waals surface area contributed by atoms with Crippen molar-refractivity contribution in [2.45, 2.75) is 56.9 Å². The van der Waals surface area contributed by atoms with Crippen molar-refractivity contribution in [2.75, 3.05) is 6.54 Å². The van der Waals surface area contributed by atoms with E-state index in [1.807, 2.05) is 0 Å². The Bertz CT molecular complexity index is 386. The van der Waals surface area contributed by atoms with E-state index in [1.165, 1.54) is 44.3 Å². The first-order chi connectivity index (χ1) is 7.77. The Labute approximate surface area is 96.2 Å². The summed E-state index contributed by atoms with van der Waals surface area (Å²) in [6.07, 6.45) is 7.64. The second-order valence-electron chi connectivity index (χ2n) is 5.36. The normalized spacial score (nSPS) is 23.9. The van der Waals surface area contributed by atoms with Gasteiger partial charge in [-0.25, -0.2) is 0 Å². The van der Waals surface area contributed by atoms with Crippen molar-refractivity contribution in [3.05, 3.63) is 11.6 Å². The molecule has 0 saturated heterocycles. The number of aryl methyl sites for hydroxylation is 1. The zero-order valence-electron chi connectivity index (χ0n) is 9.95. The Balaban J connectivity index is 1.99. The molecule has 0 aliphatic heterocycles. The molecule has 88 valence electrons. The maximum atomic E-state index is 5.90. The maximum absolute atomic E-state index is 5.90. The summed E-state index contributed by atoms with van der Waals surface area (Å²) < 4.78 is 2.38. The second kappa shape index (κ2) is 3.55. The molecule has 0 atom stereocenters. The summed E-state index contributed by atoms with van der Waals surface area (Å²) in [7, 11) is 0. The van der Waals surface area contributed by atoms with E-state index in [2.05, 4.69) is 21.7 Å². The summed E-state index contributed by atoms with van der Waals surface area (Å²) in [6, 6.07) is 0.633. The summed E-state index contributed by atoms with van der Waals surface area (Å²) in [6.45, 7) is 2.79. The van der Waals surface area contributed by atoms with Crippen LogP contribution in [0.25, 0.3) is 0 Å². The molecule has 1 heterocycles. The first-order valence-corrected chi connectivity index (χ1v) is 6.39. The Kier molecular flexibility index (Phi) is 2.28. The predicted molar refractivity (Wildman–Crippen MR) is 62.2 cm³/mol. The first-order valence-electron chi connectivity index (χ1n) is 6.39. The van der Waals surface area contributed by atoms with Crippen molar-refractivity contribution < 1.29 is 0 Å². The Morgan fingerprint density at radius 2 is 2.00 bits per heavy atom. The lowest BCUT2D eigenvalue weighted by molar-refractivity contribution is 0.460. The topological polar surface area (TPSA) is 56.7 Å². The summed E-state index contributed by atoms with van der Waals surface area (Å²) in [5.74, 6) is 2.24. The third kappa shape index (κ3) is 1.39. The zero-order chi connectivity index (χ0) is 11.2. The average molecular weight is 220 g/mol. The minimum Gasteiger partial charge on any atom is -0.329 e. The van der Waals surface area contributed by atoms with Gasteiger partial charge < -0.3 is 10.3 Å². The first kappa shape index (κ1) is 10.3. The average Bonchev–Trinajstić information content (AvgIpc) is 2.73. The highest BCUT2D eigenvalue weighted by Crippen LogP contribution is 2.48. The molecular formula is C12H20N4. The van der Waals surface area contributed by atoms with Crippen molar-refractivity contribution in [1.82, 2.24) is 14.8 Å². The molecule has 0 aromatic carbocycles. The second-order valence-corrected chi connectivity index (χ2v) is 5.36. The van der Waals surface area contributed by atoms with Crippen LogP contribution in [0.15, 0.2) is 0 Å². The van der Waals surface area contributed by atoms with E-state index in [1.54, 1.807) is 0 Å². The predicted octanol–water partition coefficient (Wildman–Crippen LogP) is 1.69. The maximum Gasteiger partial charge on any atom is 0.140 e. The fourth-order valence-corrected chi connectivity index (χ4v) is 3.00. The number of aromatic nitrogens is 3. The van der Waals surface area contributed by atoms with Crippen molar-refractivity contribution in [2.24, 2.45) is 5.73 Å². The minimum atomic E-state index is 0.170. The lowest BCUT2D eigenvalue weighted by Gasteiger charge is -2.20. The Morgan fingerprint density at radius 1 is 1.31 bits per heavy atom. The molecule has 2 fully saturated rings. The number of hydrogen-bond acceptors (Lipinski definition) is 3. The van der Waals surface area contributed by atoms with Crippen LogP contribution < -0.4 is 5.73 Å². The van der Waals surface area contributed by atoms with E-state index in [0.29, 0.717) is 6.04 Å². The van der Waals surface area contributed by atoms with Gasteiger partial charge in [0.05, 0.1) is 0 Å². The summed E-state index contributed by atoms with van der Waals surface area (Å²) in [5, 5.41) is 8.67. The standard InChI is InChI=1S/C12H20N4/c1-9-14-15-11(12(8-13)6-7-12)16(9)10-4-2-3-5-10/h10H,2-8,13H2,1H3. The van der Waals surface area contributed by atoms with Gasteiger partial charge in [0, 0.05) is 18.0 Å². The van der Waals surface area contributed by atoms with Gasteiger partial charge in [-0.05, 0) is 32.6 Å². The molecular weight excluding hydrogens is 200 g/mol. The van der Waals surface area contributed by atoms with Crippen LogP contribution in [0.5, 0.6) is 0 Å². The number of hydrogen-bond donors (Lipinski definition) is 1. The molecule has 0 radical (unpaired) electrons. The number of nitrogens with zero attached hydrogens (tertiary/aromatic N) is 3. The van der Waals surface area contributed by atoms with Crippen LogP contribution >= 0.6 is 0 Å². The fraction of sp³-hybridized carbons (Fsp3) is 0.833. The summed E-state index contributed by atoms with van der Waals surface area (Å²) >= 11 is 0. The fourth-order valence-electron chi connectivity index (χ4n) is 3.00. The van der Waals surface area contributed by atoms with E-state index in [-0.39, 0.29) is 5.41 Å². The van der Waals surface area contributed by atoms with Gasteiger partial charge in [-0.2, -0.15) is 0 Å². The zero-order valence-corrected chi connectivity index (χ0v) is 9.95. The molecule has 2 aliphatic carbocycles. The molecule has 2 aliphatic rings. The lowest BCUT2D eigenvalue weighted by Crippen LogP contribution is -2.26. The smallest absolute Gasteiger partial charge is 0.140 e. The van der Waals surface area contributed by atoms with E-state index in [0.717, 1.165) is 12.4 Å². The highest BCUT2D eigenvalue weighted by molar-refractivity contribution is 5.21. The van der Waals surface area contributed by atoms with Crippen molar-refractivity contribution in [1.29, 1.82) is 0 Å². The quantitative estimate of drug-likeness (QED) is 0.843.